The van der Waals surface area contributed by atoms with Crippen molar-refractivity contribution in [2.24, 2.45) is 0 Å². The minimum atomic E-state index is -1.25. The van der Waals surface area contributed by atoms with E-state index in [-0.39, 0.29) is 5.54 Å². The number of urea groups is 1. The lowest BCUT2D eigenvalue weighted by molar-refractivity contribution is -0.140. The highest BCUT2D eigenvalue weighted by Gasteiger charge is 2.31. The zero-order valence-corrected chi connectivity index (χ0v) is 9.32. The van der Waals surface area contributed by atoms with Gasteiger partial charge in [-0.05, 0) is 19.8 Å². The van der Waals surface area contributed by atoms with Crippen molar-refractivity contribution in [3.63, 3.8) is 0 Å². The van der Waals surface area contributed by atoms with Gasteiger partial charge < -0.3 is 20.8 Å². The van der Waals surface area contributed by atoms with E-state index in [1.807, 2.05) is 6.92 Å². The fourth-order valence-corrected chi connectivity index (χ4v) is 1.93. The van der Waals surface area contributed by atoms with Gasteiger partial charge in [0, 0.05) is 5.54 Å². The molecule has 4 N–H and O–H groups in total. The summed E-state index contributed by atoms with van der Waals surface area (Å²) >= 11 is 0. The first-order valence-electron chi connectivity index (χ1n) is 5.39. The van der Waals surface area contributed by atoms with E-state index in [2.05, 4.69) is 10.6 Å². The molecule has 1 saturated carbocycles. The van der Waals surface area contributed by atoms with Crippen LogP contribution in [0, 0.1) is 0 Å². The van der Waals surface area contributed by atoms with Crippen LogP contribution < -0.4 is 10.6 Å². The van der Waals surface area contributed by atoms with Crippen LogP contribution in [0.1, 0.15) is 32.6 Å². The Hall–Kier alpha value is -1.30. The number of aliphatic hydroxyl groups excluding tert-OH is 1. The van der Waals surface area contributed by atoms with Gasteiger partial charge in [0.15, 0.2) is 6.04 Å². The maximum absolute atomic E-state index is 11.5. The molecule has 0 heterocycles. The molecule has 6 heteroatoms. The number of hydrogen-bond donors (Lipinski definition) is 4. The molecular weight excluding hydrogens is 212 g/mol. The van der Waals surface area contributed by atoms with Gasteiger partial charge >= 0.3 is 12.0 Å². The molecule has 0 radical (unpaired) electrons. The standard InChI is InChI=1S/C10H18N2O4/c1-10(4-2-3-5-10)12-9(16)11-7(6-13)8(14)15/h7,13H,2-6H2,1H3,(H,14,15)(H2,11,12,16)/t7-/m0/s1. The Morgan fingerprint density at radius 2 is 1.94 bits per heavy atom. The Morgan fingerprint density at radius 3 is 2.38 bits per heavy atom. The van der Waals surface area contributed by atoms with Gasteiger partial charge in [-0.3, -0.25) is 0 Å². The van der Waals surface area contributed by atoms with Gasteiger partial charge in [-0.15, -0.1) is 0 Å². The number of carbonyl (C=O) groups is 2. The van der Waals surface area contributed by atoms with E-state index in [1.54, 1.807) is 0 Å². The predicted molar refractivity (Wildman–Crippen MR) is 57.1 cm³/mol. The molecule has 0 aromatic carbocycles. The topological polar surface area (TPSA) is 98.7 Å². The Morgan fingerprint density at radius 1 is 1.38 bits per heavy atom. The minimum Gasteiger partial charge on any atom is -0.480 e. The molecule has 1 atom stereocenters. The van der Waals surface area contributed by atoms with Gasteiger partial charge in [-0.2, -0.15) is 0 Å². The first-order chi connectivity index (χ1) is 7.47. The van der Waals surface area contributed by atoms with Gasteiger partial charge in [0.1, 0.15) is 0 Å². The summed E-state index contributed by atoms with van der Waals surface area (Å²) < 4.78 is 0. The maximum atomic E-state index is 11.5. The fraction of sp³-hybridized carbons (Fsp3) is 0.800. The van der Waals surface area contributed by atoms with Crippen molar-refractivity contribution in [1.29, 1.82) is 0 Å². The van der Waals surface area contributed by atoms with Crippen LogP contribution in [0.25, 0.3) is 0 Å². The van der Waals surface area contributed by atoms with Crippen LogP contribution in [0.3, 0.4) is 0 Å². The van der Waals surface area contributed by atoms with Gasteiger partial charge in [-0.25, -0.2) is 9.59 Å². The highest BCUT2D eigenvalue weighted by Crippen LogP contribution is 2.28. The molecule has 1 fully saturated rings. The number of carboxylic acids is 1. The van der Waals surface area contributed by atoms with Gasteiger partial charge in [-0.1, -0.05) is 12.8 Å². The number of aliphatic carboxylic acids is 1. The third kappa shape index (κ3) is 3.37. The first-order valence-corrected chi connectivity index (χ1v) is 5.39. The van der Waals surface area contributed by atoms with Crippen molar-refractivity contribution in [1.82, 2.24) is 10.6 Å². The zero-order valence-electron chi connectivity index (χ0n) is 9.32. The van der Waals surface area contributed by atoms with E-state index < -0.39 is 24.6 Å². The van der Waals surface area contributed by atoms with Crippen LogP contribution in [-0.4, -0.2) is 40.4 Å². The number of amides is 2. The molecule has 0 unspecified atom stereocenters. The zero-order chi connectivity index (χ0) is 12.2. The van der Waals surface area contributed by atoms with Crippen LogP contribution in [0.4, 0.5) is 4.79 Å². The summed E-state index contributed by atoms with van der Waals surface area (Å²) in [5, 5.41) is 22.4. The molecule has 0 spiro atoms. The third-order valence-electron chi connectivity index (χ3n) is 2.91. The molecule has 0 saturated heterocycles. The summed E-state index contributed by atoms with van der Waals surface area (Å²) in [7, 11) is 0. The summed E-state index contributed by atoms with van der Waals surface area (Å²) in [6, 6.07) is -1.78. The van der Waals surface area contributed by atoms with Crippen molar-refractivity contribution in [3.05, 3.63) is 0 Å². The highest BCUT2D eigenvalue weighted by molar-refractivity contribution is 5.82. The molecule has 0 aromatic rings. The average molecular weight is 230 g/mol. The molecule has 1 aliphatic rings. The smallest absolute Gasteiger partial charge is 0.328 e. The second kappa shape index (κ2) is 5.16. The summed E-state index contributed by atoms with van der Waals surface area (Å²) in [6.45, 7) is 1.33. The molecular formula is C10H18N2O4. The molecule has 2 amide bonds. The average Bonchev–Trinajstić information content (AvgIpc) is 2.60. The van der Waals surface area contributed by atoms with Crippen LogP contribution in [0.5, 0.6) is 0 Å². The monoisotopic (exact) mass is 230 g/mol. The summed E-state index contributed by atoms with van der Waals surface area (Å²) in [6.07, 6.45) is 3.94. The number of nitrogens with one attached hydrogen (secondary N) is 2. The van der Waals surface area contributed by atoms with Gasteiger partial charge in [0.05, 0.1) is 6.61 Å². The Labute approximate surface area is 94.0 Å². The largest absolute Gasteiger partial charge is 0.480 e. The molecule has 92 valence electrons. The van der Waals surface area contributed by atoms with E-state index in [1.165, 1.54) is 0 Å². The Bertz CT molecular complexity index is 274. The normalized spacial score (nSPS) is 20.1. The Balaban J connectivity index is 2.43. The number of hydrogen-bond acceptors (Lipinski definition) is 3. The molecule has 0 aromatic heterocycles. The van der Waals surface area contributed by atoms with Crippen molar-refractivity contribution >= 4 is 12.0 Å². The predicted octanol–water partition coefficient (Wildman–Crippen LogP) is 0.0638. The van der Waals surface area contributed by atoms with Crippen molar-refractivity contribution in [2.45, 2.75) is 44.2 Å². The lowest BCUT2D eigenvalue weighted by atomic mass is 10.0. The second-order valence-corrected chi connectivity index (χ2v) is 4.44. The SMILES string of the molecule is CC1(NC(=O)N[C@@H](CO)C(=O)O)CCCC1. The van der Waals surface area contributed by atoms with E-state index >= 15 is 0 Å². The lowest BCUT2D eigenvalue weighted by Gasteiger charge is -2.26. The number of carbonyl (C=O) groups excluding carboxylic acids is 1. The minimum absolute atomic E-state index is 0.247. The van der Waals surface area contributed by atoms with Crippen LogP contribution in [0.2, 0.25) is 0 Å². The van der Waals surface area contributed by atoms with Crippen LogP contribution in [-0.2, 0) is 4.79 Å². The quantitative estimate of drug-likeness (QED) is 0.549. The first kappa shape index (κ1) is 12.8. The van der Waals surface area contributed by atoms with Gasteiger partial charge in [0.25, 0.3) is 0 Å². The fourth-order valence-electron chi connectivity index (χ4n) is 1.93. The molecule has 1 aliphatic carbocycles. The molecule has 16 heavy (non-hydrogen) atoms. The molecule has 6 nitrogen and oxygen atoms in total. The number of rotatable bonds is 4. The maximum Gasteiger partial charge on any atom is 0.328 e. The van der Waals surface area contributed by atoms with Crippen LogP contribution in [0.15, 0.2) is 0 Å². The van der Waals surface area contributed by atoms with Crippen molar-refractivity contribution < 1.29 is 19.8 Å². The van der Waals surface area contributed by atoms with E-state index in [9.17, 15) is 9.59 Å². The number of carboxylic acid groups (broad SMARTS) is 1. The summed E-state index contributed by atoms with van der Waals surface area (Å²) in [5.41, 5.74) is -0.247. The Kier molecular flexibility index (Phi) is 4.12. The number of aliphatic hydroxyl groups is 1. The van der Waals surface area contributed by atoms with E-state index in [0.717, 1.165) is 25.7 Å². The van der Waals surface area contributed by atoms with Crippen LogP contribution >= 0.6 is 0 Å². The van der Waals surface area contributed by atoms with Crippen molar-refractivity contribution in [2.75, 3.05) is 6.61 Å². The molecule has 1 rings (SSSR count). The summed E-state index contributed by atoms with van der Waals surface area (Å²) in [4.78, 5) is 22.1. The molecule has 0 bridgehead atoms. The van der Waals surface area contributed by atoms with Crippen molar-refractivity contribution in [3.8, 4) is 0 Å². The van der Waals surface area contributed by atoms with E-state index in [0.29, 0.717) is 0 Å². The summed E-state index contributed by atoms with van der Waals surface area (Å²) in [5.74, 6) is -1.24. The highest BCUT2D eigenvalue weighted by atomic mass is 16.4. The van der Waals surface area contributed by atoms with Gasteiger partial charge in [0.2, 0.25) is 0 Å². The molecule has 0 aliphatic heterocycles. The van der Waals surface area contributed by atoms with E-state index in [4.69, 9.17) is 10.2 Å². The second-order valence-electron chi connectivity index (χ2n) is 4.44. The third-order valence-corrected chi connectivity index (χ3v) is 2.91. The lowest BCUT2D eigenvalue weighted by Crippen LogP contribution is -2.53.